The maximum atomic E-state index is 11.0. The van der Waals surface area contributed by atoms with Gasteiger partial charge in [0.15, 0.2) is 0 Å². The van der Waals surface area contributed by atoms with Gasteiger partial charge in [0.05, 0.1) is 5.52 Å². The van der Waals surface area contributed by atoms with E-state index < -0.39 is 0 Å². The molecule has 0 saturated heterocycles. The van der Waals surface area contributed by atoms with Crippen LogP contribution in [-0.4, -0.2) is 10.1 Å². The zero-order valence-corrected chi connectivity index (χ0v) is 7.16. The summed E-state index contributed by atoms with van der Waals surface area (Å²) in [5.74, 6) is 0.219. The van der Waals surface area contributed by atoms with Crippen molar-refractivity contribution < 1.29 is 5.11 Å². The zero-order chi connectivity index (χ0) is 9.42. The summed E-state index contributed by atoms with van der Waals surface area (Å²) in [6.45, 7) is 1.85. The minimum atomic E-state index is -0.124. The summed E-state index contributed by atoms with van der Waals surface area (Å²) >= 11 is 0. The van der Waals surface area contributed by atoms with Gasteiger partial charge in [-0.05, 0) is 30.7 Å². The first-order valence-electron chi connectivity index (χ1n) is 3.99. The molecule has 0 unspecified atom stereocenters. The van der Waals surface area contributed by atoms with Crippen LogP contribution >= 0.6 is 0 Å². The monoisotopic (exact) mass is 175 g/mol. The van der Waals surface area contributed by atoms with E-state index in [4.69, 9.17) is 0 Å². The van der Waals surface area contributed by atoms with E-state index in [0.717, 1.165) is 16.5 Å². The normalized spacial score (nSPS) is 10.5. The number of phenols is 1. The maximum Gasteiger partial charge on any atom is 0.248 e. The summed E-state index contributed by atoms with van der Waals surface area (Å²) in [6, 6.07) is 6.39. The molecular weight excluding hydrogens is 166 g/mol. The number of fused-ring (bicyclic) bond motifs is 1. The Kier molecular flexibility index (Phi) is 1.59. The molecular formula is C10H9NO2. The first kappa shape index (κ1) is 7.86. The molecule has 3 nitrogen and oxygen atoms in total. The second-order valence-corrected chi connectivity index (χ2v) is 3.05. The van der Waals surface area contributed by atoms with Gasteiger partial charge >= 0.3 is 0 Å². The Balaban J connectivity index is 2.95. The van der Waals surface area contributed by atoms with Gasteiger partial charge < -0.3 is 10.1 Å². The molecule has 0 saturated carbocycles. The molecule has 0 amide bonds. The molecule has 66 valence electrons. The third kappa shape index (κ3) is 1.28. The highest BCUT2D eigenvalue weighted by atomic mass is 16.3. The number of aryl methyl sites for hydroxylation is 1. The highest BCUT2D eigenvalue weighted by molar-refractivity contribution is 5.82. The molecule has 2 rings (SSSR count). The molecule has 2 N–H and O–H groups in total. The first-order valence-corrected chi connectivity index (χ1v) is 3.99. The molecule has 0 bridgehead atoms. The van der Waals surface area contributed by atoms with Crippen LogP contribution in [0, 0.1) is 6.92 Å². The molecule has 3 heteroatoms. The summed E-state index contributed by atoms with van der Waals surface area (Å²) in [4.78, 5) is 13.7. The van der Waals surface area contributed by atoms with Gasteiger partial charge in [-0.2, -0.15) is 0 Å². The van der Waals surface area contributed by atoms with Crippen LogP contribution in [0.5, 0.6) is 5.75 Å². The summed E-state index contributed by atoms with van der Waals surface area (Å²) in [7, 11) is 0. The third-order valence-corrected chi connectivity index (χ3v) is 2.01. The number of nitrogens with one attached hydrogen (secondary N) is 1. The molecule has 1 aromatic carbocycles. The number of rotatable bonds is 0. The van der Waals surface area contributed by atoms with Crippen LogP contribution in [0.15, 0.2) is 29.1 Å². The molecule has 0 aliphatic carbocycles. The van der Waals surface area contributed by atoms with Gasteiger partial charge in [0.1, 0.15) is 5.75 Å². The number of phenolic OH excluding ortho intramolecular Hbond substituents is 1. The largest absolute Gasteiger partial charge is 0.508 e. The third-order valence-electron chi connectivity index (χ3n) is 2.01. The number of H-pyrrole nitrogens is 1. The number of benzene rings is 1. The van der Waals surface area contributed by atoms with Crippen molar-refractivity contribution in [1.29, 1.82) is 0 Å². The van der Waals surface area contributed by atoms with Crippen molar-refractivity contribution in [2.24, 2.45) is 0 Å². The van der Waals surface area contributed by atoms with E-state index in [2.05, 4.69) is 4.98 Å². The Morgan fingerprint density at radius 3 is 2.85 bits per heavy atom. The standard InChI is InChI=1S/C10H9NO2/c1-6-4-8(12)5-7-2-3-9(13)11-10(6)7/h2-5,12H,1H3,(H,11,13). The SMILES string of the molecule is Cc1cc(O)cc2ccc(=O)[nH]c12. The van der Waals surface area contributed by atoms with Crippen molar-refractivity contribution in [3.8, 4) is 5.75 Å². The number of aromatic nitrogens is 1. The number of aromatic amines is 1. The van der Waals surface area contributed by atoms with Crippen molar-refractivity contribution in [3.63, 3.8) is 0 Å². The Bertz CT molecular complexity index is 514. The van der Waals surface area contributed by atoms with E-state index in [9.17, 15) is 9.90 Å². The summed E-state index contributed by atoms with van der Waals surface area (Å²) < 4.78 is 0. The summed E-state index contributed by atoms with van der Waals surface area (Å²) in [5, 5.41) is 10.1. The van der Waals surface area contributed by atoms with Gasteiger partial charge in [0.25, 0.3) is 0 Å². The van der Waals surface area contributed by atoms with E-state index in [0.29, 0.717) is 0 Å². The fourth-order valence-electron chi connectivity index (χ4n) is 1.43. The Hall–Kier alpha value is -1.77. The van der Waals surface area contributed by atoms with Crippen LogP contribution in [-0.2, 0) is 0 Å². The smallest absolute Gasteiger partial charge is 0.248 e. The van der Waals surface area contributed by atoms with Crippen LogP contribution in [0.4, 0.5) is 0 Å². The Labute approximate surface area is 74.7 Å². The number of aromatic hydroxyl groups is 1. The van der Waals surface area contributed by atoms with E-state index in [1.54, 1.807) is 18.2 Å². The predicted octanol–water partition coefficient (Wildman–Crippen LogP) is 1.54. The van der Waals surface area contributed by atoms with E-state index in [1.165, 1.54) is 6.07 Å². The van der Waals surface area contributed by atoms with E-state index >= 15 is 0 Å². The Morgan fingerprint density at radius 2 is 2.08 bits per heavy atom. The fraction of sp³-hybridized carbons (Fsp3) is 0.100. The van der Waals surface area contributed by atoms with Crippen molar-refractivity contribution >= 4 is 10.9 Å². The van der Waals surface area contributed by atoms with Crippen molar-refractivity contribution in [1.82, 2.24) is 4.98 Å². The number of pyridine rings is 1. The van der Waals surface area contributed by atoms with Crippen LogP contribution in [0.2, 0.25) is 0 Å². The second kappa shape index (κ2) is 2.62. The number of hydrogen-bond acceptors (Lipinski definition) is 2. The Morgan fingerprint density at radius 1 is 1.31 bits per heavy atom. The van der Waals surface area contributed by atoms with Gasteiger partial charge in [-0.1, -0.05) is 0 Å². The minimum Gasteiger partial charge on any atom is -0.508 e. The molecule has 2 aromatic rings. The molecule has 0 atom stereocenters. The fourth-order valence-corrected chi connectivity index (χ4v) is 1.43. The van der Waals surface area contributed by atoms with Gasteiger partial charge in [0.2, 0.25) is 5.56 Å². The lowest BCUT2D eigenvalue weighted by atomic mass is 10.1. The van der Waals surface area contributed by atoms with Gasteiger partial charge in [0, 0.05) is 11.5 Å². The zero-order valence-electron chi connectivity index (χ0n) is 7.16. The lowest BCUT2D eigenvalue weighted by Gasteiger charge is -2.01. The van der Waals surface area contributed by atoms with Crippen molar-refractivity contribution in [2.45, 2.75) is 6.92 Å². The summed E-state index contributed by atoms with van der Waals surface area (Å²) in [6.07, 6.45) is 0. The van der Waals surface area contributed by atoms with Gasteiger partial charge in [-0.3, -0.25) is 4.79 Å². The average molecular weight is 175 g/mol. The van der Waals surface area contributed by atoms with Gasteiger partial charge in [-0.15, -0.1) is 0 Å². The highest BCUT2D eigenvalue weighted by Crippen LogP contribution is 2.20. The van der Waals surface area contributed by atoms with Crippen molar-refractivity contribution in [3.05, 3.63) is 40.2 Å². The van der Waals surface area contributed by atoms with Crippen LogP contribution < -0.4 is 5.56 Å². The molecule has 13 heavy (non-hydrogen) atoms. The average Bonchev–Trinajstić information content (AvgIpc) is 2.06. The molecule has 0 radical (unpaired) electrons. The van der Waals surface area contributed by atoms with Crippen molar-refractivity contribution in [2.75, 3.05) is 0 Å². The number of hydrogen-bond donors (Lipinski definition) is 2. The van der Waals surface area contributed by atoms with E-state index in [1.807, 2.05) is 6.92 Å². The predicted molar refractivity (Wildman–Crippen MR) is 51.0 cm³/mol. The first-order chi connectivity index (χ1) is 6.16. The minimum absolute atomic E-state index is 0.124. The van der Waals surface area contributed by atoms with Gasteiger partial charge in [-0.25, -0.2) is 0 Å². The maximum absolute atomic E-state index is 11.0. The van der Waals surface area contributed by atoms with E-state index in [-0.39, 0.29) is 11.3 Å². The molecule has 0 aliphatic rings. The van der Waals surface area contributed by atoms with Crippen LogP contribution in [0.1, 0.15) is 5.56 Å². The molecule has 1 heterocycles. The topological polar surface area (TPSA) is 53.1 Å². The lowest BCUT2D eigenvalue weighted by molar-refractivity contribution is 0.476. The molecule has 0 aliphatic heterocycles. The quantitative estimate of drug-likeness (QED) is 0.638. The van der Waals surface area contributed by atoms with Crippen LogP contribution in [0.25, 0.3) is 10.9 Å². The molecule has 0 spiro atoms. The molecule has 1 aromatic heterocycles. The lowest BCUT2D eigenvalue weighted by Crippen LogP contribution is -2.03. The van der Waals surface area contributed by atoms with Crippen LogP contribution in [0.3, 0.4) is 0 Å². The molecule has 0 fully saturated rings. The second-order valence-electron chi connectivity index (χ2n) is 3.05. The highest BCUT2D eigenvalue weighted by Gasteiger charge is 1.99. The summed E-state index contributed by atoms with van der Waals surface area (Å²) in [5.41, 5.74) is 1.53.